The van der Waals surface area contributed by atoms with E-state index in [9.17, 15) is 4.79 Å². The van der Waals surface area contributed by atoms with Crippen molar-refractivity contribution in [3.63, 3.8) is 0 Å². The van der Waals surface area contributed by atoms with Gasteiger partial charge in [0.25, 0.3) is 5.56 Å². The molecule has 27 heavy (non-hydrogen) atoms. The fraction of sp³-hybridized carbons (Fsp3) is 0.200. The van der Waals surface area contributed by atoms with Gasteiger partial charge >= 0.3 is 0 Å². The van der Waals surface area contributed by atoms with Crippen molar-refractivity contribution >= 4 is 23.1 Å². The van der Waals surface area contributed by atoms with Crippen molar-refractivity contribution < 1.29 is 0 Å². The molecule has 0 saturated carbocycles. The quantitative estimate of drug-likeness (QED) is 0.620. The predicted molar refractivity (Wildman–Crippen MR) is 108 cm³/mol. The highest BCUT2D eigenvalue weighted by Crippen LogP contribution is 2.23. The zero-order valence-electron chi connectivity index (χ0n) is 15.0. The lowest BCUT2D eigenvalue weighted by molar-refractivity contribution is 0.736. The number of hydrogen-bond acceptors (Lipinski definition) is 6. The summed E-state index contributed by atoms with van der Waals surface area (Å²) in [7, 11) is 1.81. The predicted octanol–water partition coefficient (Wildman–Crippen LogP) is 2.17. The first-order valence-corrected chi connectivity index (χ1v) is 8.82. The third-order valence-electron chi connectivity index (χ3n) is 4.72. The maximum absolute atomic E-state index is 12.7. The largest absolute Gasteiger partial charge is 0.388 e. The Morgan fingerprint density at radius 2 is 2.19 bits per heavy atom. The molecule has 1 aliphatic heterocycles. The lowest BCUT2D eigenvalue weighted by Gasteiger charge is -2.14. The van der Waals surface area contributed by atoms with E-state index in [0.717, 1.165) is 47.6 Å². The summed E-state index contributed by atoms with van der Waals surface area (Å²) >= 11 is 0. The molecule has 1 aromatic carbocycles. The molecule has 0 aliphatic carbocycles. The Morgan fingerprint density at radius 1 is 1.30 bits per heavy atom. The number of benzene rings is 1. The van der Waals surface area contributed by atoms with Crippen LogP contribution in [0.4, 0.5) is 5.69 Å². The standard InChI is InChI=1S/C20H20N6O/c1-22-16-3-2-14(8-15(16)10-21)17-9-20(27)26-12-18(24-11-19(26)25-17)13-4-6-23-7-5-13/h2-4,8-12,21-23H,5-7H2,1H3. The average molecular weight is 360 g/mol. The molecular weight excluding hydrogens is 340 g/mol. The second-order valence-electron chi connectivity index (χ2n) is 6.36. The van der Waals surface area contributed by atoms with Gasteiger partial charge < -0.3 is 16.0 Å². The molecule has 7 heteroatoms. The molecule has 0 bridgehead atoms. The number of hydrogen-bond donors (Lipinski definition) is 3. The van der Waals surface area contributed by atoms with Crippen LogP contribution in [-0.2, 0) is 0 Å². The van der Waals surface area contributed by atoms with Gasteiger partial charge in [0.2, 0.25) is 0 Å². The van der Waals surface area contributed by atoms with Crippen LogP contribution in [0, 0.1) is 5.41 Å². The summed E-state index contributed by atoms with van der Waals surface area (Å²) in [4.78, 5) is 21.8. The normalized spacial score (nSPS) is 14.0. The minimum absolute atomic E-state index is 0.151. The van der Waals surface area contributed by atoms with Crippen LogP contribution in [0.25, 0.3) is 22.5 Å². The first kappa shape index (κ1) is 17.1. The first-order chi connectivity index (χ1) is 13.2. The molecule has 0 atom stereocenters. The fourth-order valence-corrected chi connectivity index (χ4v) is 3.25. The van der Waals surface area contributed by atoms with E-state index < -0.39 is 0 Å². The molecule has 0 spiro atoms. The second-order valence-corrected chi connectivity index (χ2v) is 6.36. The Bertz CT molecular complexity index is 1120. The van der Waals surface area contributed by atoms with Gasteiger partial charge in [-0.1, -0.05) is 12.1 Å². The van der Waals surface area contributed by atoms with Gasteiger partial charge in [0, 0.05) is 48.9 Å². The van der Waals surface area contributed by atoms with E-state index >= 15 is 0 Å². The molecule has 3 aromatic rings. The van der Waals surface area contributed by atoms with Gasteiger partial charge in [0.1, 0.15) is 0 Å². The molecule has 0 saturated heterocycles. The van der Waals surface area contributed by atoms with Gasteiger partial charge in [0.05, 0.1) is 17.6 Å². The Kier molecular flexibility index (Phi) is 4.52. The highest BCUT2D eigenvalue weighted by Gasteiger charge is 2.11. The minimum Gasteiger partial charge on any atom is -0.388 e. The third kappa shape index (κ3) is 3.24. The van der Waals surface area contributed by atoms with Crippen molar-refractivity contribution in [2.24, 2.45) is 0 Å². The van der Waals surface area contributed by atoms with Crippen LogP contribution in [0.3, 0.4) is 0 Å². The summed E-state index contributed by atoms with van der Waals surface area (Å²) in [5.74, 6) is 0. The van der Waals surface area contributed by atoms with Crippen LogP contribution in [0.15, 0.2) is 47.5 Å². The monoisotopic (exact) mass is 360 g/mol. The van der Waals surface area contributed by atoms with E-state index in [1.165, 1.54) is 16.7 Å². The van der Waals surface area contributed by atoms with Gasteiger partial charge in [-0.3, -0.25) is 14.2 Å². The Labute approximate surface area is 156 Å². The summed E-state index contributed by atoms with van der Waals surface area (Å²) in [5.41, 5.74) is 5.26. The summed E-state index contributed by atoms with van der Waals surface area (Å²) in [5, 5.41) is 13.9. The highest BCUT2D eigenvalue weighted by molar-refractivity contribution is 5.88. The van der Waals surface area contributed by atoms with E-state index in [1.807, 2.05) is 25.2 Å². The molecule has 4 rings (SSSR count). The third-order valence-corrected chi connectivity index (χ3v) is 4.72. The second kappa shape index (κ2) is 7.13. The number of nitrogens with one attached hydrogen (secondary N) is 3. The average Bonchev–Trinajstić information content (AvgIpc) is 2.73. The number of rotatable bonds is 4. The number of fused-ring (bicyclic) bond motifs is 1. The SMILES string of the molecule is CNc1ccc(-c2cc(=O)n3cc(C4=CCNCC4)ncc3n2)cc1C=N. The molecule has 3 heterocycles. The van der Waals surface area contributed by atoms with E-state index in [4.69, 9.17) is 5.41 Å². The minimum atomic E-state index is -0.151. The van der Waals surface area contributed by atoms with Crippen LogP contribution >= 0.6 is 0 Å². The van der Waals surface area contributed by atoms with Crippen molar-refractivity contribution in [3.8, 4) is 11.3 Å². The Balaban J connectivity index is 1.79. The van der Waals surface area contributed by atoms with E-state index in [1.54, 1.807) is 12.4 Å². The number of anilines is 1. The molecule has 0 fully saturated rings. The van der Waals surface area contributed by atoms with Gasteiger partial charge in [-0.05, 0) is 30.7 Å². The van der Waals surface area contributed by atoms with Crippen molar-refractivity contribution in [1.82, 2.24) is 19.7 Å². The van der Waals surface area contributed by atoms with Crippen LogP contribution < -0.4 is 16.2 Å². The molecular formula is C20H20N6O. The maximum atomic E-state index is 12.7. The fourth-order valence-electron chi connectivity index (χ4n) is 3.25. The summed E-state index contributed by atoms with van der Waals surface area (Å²) < 4.78 is 1.54. The summed E-state index contributed by atoms with van der Waals surface area (Å²) in [6.07, 6.45) is 7.68. The molecule has 0 unspecified atom stereocenters. The van der Waals surface area contributed by atoms with Crippen molar-refractivity contribution in [2.75, 3.05) is 25.5 Å². The molecule has 1 aliphatic rings. The zero-order valence-corrected chi connectivity index (χ0v) is 15.0. The molecule has 2 aromatic heterocycles. The van der Waals surface area contributed by atoms with Crippen LogP contribution in [0.2, 0.25) is 0 Å². The number of aromatic nitrogens is 3. The van der Waals surface area contributed by atoms with Crippen LogP contribution in [-0.4, -0.2) is 40.7 Å². The van der Waals surface area contributed by atoms with Crippen LogP contribution in [0.1, 0.15) is 17.7 Å². The van der Waals surface area contributed by atoms with Gasteiger partial charge in [-0.15, -0.1) is 0 Å². The van der Waals surface area contributed by atoms with E-state index in [-0.39, 0.29) is 5.56 Å². The van der Waals surface area contributed by atoms with Crippen molar-refractivity contribution in [3.05, 3.63) is 64.3 Å². The summed E-state index contributed by atoms with van der Waals surface area (Å²) in [6.45, 7) is 1.73. The maximum Gasteiger partial charge on any atom is 0.258 e. The topological polar surface area (TPSA) is 95.2 Å². The van der Waals surface area contributed by atoms with Crippen LogP contribution in [0.5, 0.6) is 0 Å². The Hall–Kier alpha value is -3.32. The van der Waals surface area contributed by atoms with Crippen molar-refractivity contribution in [2.45, 2.75) is 6.42 Å². The van der Waals surface area contributed by atoms with Crippen molar-refractivity contribution in [1.29, 1.82) is 5.41 Å². The van der Waals surface area contributed by atoms with Gasteiger partial charge in [0.15, 0.2) is 5.65 Å². The smallest absolute Gasteiger partial charge is 0.258 e. The zero-order chi connectivity index (χ0) is 18.8. The number of nitrogens with zero attached hydrogens (tertiary/aromatic N) is 3. The Morgan fingerprint density at radius 3 is 2.93 bits per heavy atom. The molecule has 3 N–H and O–H groups in total. The molecule has 7 nitrogen and oxygen atoms in total. The summed E-state index contributed by atoms with van der Waals surface area (Å²) in [6, 6.07) is 7.14. The molecule has 0 amide bonds. The first-order valence-electron chi connectivity index (χ1n) is 8.82. The highest BCUT2D eigenvalue weighted by atomic mass is 16.1. The van der Waals surface area contributed by atoms with E-state index in [0.29, 0.717) is 11.3 Å². The van der Waals surface area contributed by atoms with E-state index in [2.05, 4.69) is 26.7 Å². The van der Waals surface area contributed by atoms with Gasteiger partial charge in [-0.25, -0.2) is 4.98 Å². The lowest BCUT2D eigenvalue weighted by Crippen LogP contribution is -2.21. The molecule has 136 valence electrons. The lowest BCUT2D eigenvalue weighted by atomic mass is 10.1. The molecule has 0 radical (unpaired) electrons. The van der Waals surface area contributed by atoms with Gasteiger partial charge in [-0.2, -0.15) is 0 Å².